The lowest BCUT2D eigenvalue weighted by molar-refractivity contribution is -0.124. The van der Waals surface area contributed by atoms with E-state index < -0.39 is 23.5 Å². The summed E-state index contributed by atoms with van der Waals surface area (Å²) in [7, 11) is 0. The molecule has 7 nitrogen and oxygen atoms in total. The first-order chi connectivity index (χ1) is 14.4. The molecular formula is C20H16FN3O4S2. The van der Waals surface area contributed by atoms with Crippen LogP contribution in [0.4, 0.5) is 4.39 Å². The van der Waals surface area contributed by atoms with Crippen LogP contribution < -0.4 is 10.9 Å². The lowest BCUT2D eigenvalue weighted by Crippen LogP contribution is -2.43. The maximum absolute atomic E-state index is 13.8. The summed E-state index contributed by atoms with van der Waals surface area (Å²) in [5, 5.41) is 9.64. The Balaban J connectivity index is 1.54. The monoisotopic (exact) mass is 445 g/mol. The number of benzene rings is 2. The Morgan fingerprint density at radius 2 is 1.83 bits per heavy atom. The molecule has 0 aliphatic carbocycles. The highest BCUT2D eigenvalue weighted by Gasteiger charge is 2.32. The van der Waals surface area contributed by atoms with Crippen molar-refractivity contribution in [2.75, 3.05) is 6.54 Å². The minimum absolute atomic E-state index is 0.00241. The number of thioether (sulfide) groups is 1. The van der Waals surface area contributed by atoms with Gasteiger partial charge in [-0.15, -0.1) is 0 Å². The number of carbonyl (C=O) groups excluding carboxylic acids is 3. The maximum atomic E-state index is 13.8. The molecule has 1 aliphatic rings. The van der Waals surface area contributed by atoms with E-state index in [1.54, 1.807) is 30.3 Å². The van der Waals surface area contributed by atoms with Crippen molar-refractivity contribution in [1.29, 1.82) is 0 Å². The molecule has 1 aliphatic heterocycles. The van der Waals surface area contributed by atoms with Gasteiger partial charge in [0.05, 0.1) is 10.5 Å². The smallest absolute Gasteiger partial charge is 0.273 e. The van der Waals surface area contributed by atoms with Gasteiger partial charge in [0.15, 0.2) is 0 Å². The fraction of sp³-hybridized carbons (Fsp3) is 0.100. The van der Waals surface area contributed by atoms with Gasteiger partial charge in [0.1, 0.15) is 15.9 Å². The average Bonchev–Trinajstić information content (AvgIpc) is 2.99. The van der Waals surface area contributed by atoms with Gasteiger partial charge in [-0.25, -0.2) is 4.39 Å². The van der Waals surface area contributed by atoms with E-state index in [1.807, 2.05) is 0 Å². The summed E-state index contributed by atoms with van der Waals surface area (Å²) in [5.41, 5.74) is 4.68. The van der Waals surface area contributed by atoms with E-state index >= 15 is 0 Å². The number of nitrogens with one attached hydrogen (secondary N) is 2. The van der Waals surface area contributed by atoms with Crippen LogP contribution >= 0.6 is 24.0 Å². The van der Waals surface area contributed by atoms with Gasteiger partial charge >= 0.3 is 0 Å². The van der Waals surface area contributed by atoms with Crippen LogP contribution in [-0.2, 0) is 9.59 Å². The predicted octanol–water partition coefficient (Wildman–Crippen LogP) is 2.58. The number of amides is 3. The summed E-state index contributed by atoms with van der Waals surface area (Å²) < 4.78 is 14.1. The summed E-state index contributed by atoms with van der Waals surface area (Å²) in [6.07, 6.45) is 1.29. The third-order valence-corrected chi connectivity index (χ3v) is 5.47. The molecule has 0 aromatic heterocycles. The zero-order chi connectivity index (χ0) is 21.7. The van der Waals surface area contributed by atoms with Crippen molar-refractivity contribution in [3.05, 3.63) is 70.4 Å². The zero-order valence-corrected chi connectivity index (χ0v) is 17.1. The van der Waals surface area contributed by atoms with Gasteiger partial charge in [0.2, 0.25) is 5.91 Å². The molecule has 3 N–H and O–H groups in total. The van der Waals surface area contributed by atoms with Crippen molar-refractivity contribution < 1.29 is 23.9 Å². The number of rotatable bonds is 5. The summed E-state index contributed by atoms with van der Waals surface area (Å²) >= 11 is 6.21. The number of hydrogen-bond donors (Lipinski definition) is 3. The van der Waals surface area contributed by atoms with Crippen LogP contribution in [0.15, 0.2) is 53.4 Å². The summed E-state index contributed by atoms with van der Waals surface area (Å²) in [4.78, 5) is 38.0. The topological polar surface area (TPSA) is 98.7 Å². The van der Waals surface area contributed by atoms with Crippen LogP contribution in [-0.4, -0.2) is 38.6 Å². The van der Waals surface area contributed by atoms with Crippen LogP contribution in [0.25, 0.3) is 6.08 Å². The van der Waals surface area contributed by atoms with E-state index in [0.29, 0.717) is 0 Å². The largest absolute Gasteiger partial charge is 0.507 e. The molecule has 10 heteroatoms. The van der Waals surface area contributed by atoms with Gasteiger partial charge in [-0.3, -0.25) is 30.1 Å². The molecule has 0 atom stereocenters. The molecule has 3 amide bonds. The lowest BCUT2D eigenvalue weighted by atomic mass is 10.2. The maximum Gasteiger partial charge on any atom is 0.273 e. The van der Waals surface area contributed by atoms with E-state index in [9.17, 15) is 23.9 Å². The van der Waals surface area contributed by atoms with Gasteiger partial charge < -0.3 is 5.11 Å². The Hall–Kier alpha value is -3.24. The molecule has 1 fully saturated rings. The van der Waals surface area contributed by atoms with E-state index in [-0.39, 0.29) is 39.1 Å². The molecule has 3 rings (SSSR count). The normalized spacial score (nSPS) is 14.8. The Morgan fingerprint density at radius 1 is 1.13 bits per heavy atom. The van der Waals surface area contributed by atoms with Crippen molar-refractivity contribution in [2.24, 2.45) is 0 Å². The summed E-state index contributed by atoms with van der Waals surface area (Å²) in [6.45, 7) is -0.00241. The van der Waals surface area contributed by atoms with Crippen LogP contribution in [0.2, 0.25) is 0 Å². The fourth-order valence-electron chi connectivity index (χ4n) is 2.56. The van der Waals surface area contributed by atoms with Crippen molar-refractivity contribution in [2.45, 2.75) is 6.42 Å². The first-order valence-electron chi connectivity index (χ1n) is 8.74. The minimum Gasteiger partial charge on any atom is -0.507 e. The molecule has 0 saturated carbocycles. The van der Waals surface area contributed by atoms with Crippen molar-refractivity contribution in [3.63, 3.8) is 0 Å². The molecule has 1 heterocycles. The molecule has 2 aromatic carbocycles. The first-order valence-corrected chi connectivity index (χ1v) is 9.96. The second-order valence-corrected chi connectivity index (χ2v) is 7.80. The number of phenols is 1. The number of phenolic OH excluding ortho intramolecular Hbond substituents is 1. The lowest BCUT2D eigenvalue weighted by Gasteiger charge is -2.14. The number of carbonyl (C=O) groups is 3. The molecule has 0 spiro atoms. The second-order valence-electron chi connectivity index (χ2n) is 6.12. The van der Waals surface area contributed by atoms with Gasteiger partial charge in [-0.2, -0.15) is 0 Å². The van der Waals surface area contributed by atoms with E-state index in [2.05, 4.69) is 10.9 Å². The molecule has 0 unspecified atom stereocenters. The molecule has 2 aromatic rings. The molecule has 1 saturated heterocycles. The highest BCUT2D eigenvalue weighted by molar-refractivity contribution is 8.26. The highest BCUT2D eigenvalue weighted by atomic mass is 32.2. The standard InChI is InChI=1S/C20H16FN3O4S2/c21-14-7-3-1-5-12(14)11-16-19(28)24(20(29)30-16)10-9-17(26)22-23-18(27)13-6-2-4-8-15(13)25/h1-8,11,25H,9-10H2,(H,22,26)(H,23,27)/b16-11-. The Labute approximate surface area is 180 Å². The van der Waals surface area contributed by atoms with Crippen molar-refractivity contribution >= 4 is 52.1 Å². The molecule has 30 heavy (non-hydrogen) atoms. The SMILES string of the molecule is O=C(CCN1C(=O)/C(=C/c2ccccc2F)SC1=S)NNC(=O)c1ccccc1O. The van der Waals surface area contributed by atoms with Crippen LogP contribution in [0.3, 0.4) is 0 Å². The van der Waals surface area contributed by atoms with Gasteiger partial charge in [0, 0.05) is 18.5 Å². The van der Waals surface area contributed by atoms with Gasteiger partial charge in [0.25, 0.3) is 11.8 Å². The van der Waals surface area contributed by atoms with Crippen LogP contribution in [0, 0.1) is 5.82 Å². The number of hydrazine groups is 1. The Bertz CT molecular complexity index is 1060. The number of aromatic hydroxyl groups is 1. The average molecular weight is 445 g/mol. The minimum atomic E-state index is -0.681. The molecule has 154 valence electrons. The number of hydrogen-bond acceptors (Lipinski definition) is 6. The van der Waals surface area contributed by atoms with Crippen molar-refractivity contribution in [3.8, 4) is 5.75 Å². The number of para-hydroxylation sites is 1. The summed E-state index contributed by atoms with van der Waals surface area (Å²) in [5.74, 6) is -2.32. The Morgan fingerprint density at radius 3 is 2.57 bits per heavy atom. The van der Waals surface area contributed by atoms with E-state index in [4.69, 9.17) is 12.2 Å². The second kappa shape index (κ2) is 9.51. The number of halogens is 1. The fourth-order valence-corrected chi connectivity index (χ4v) is 3.86. The van der Waals surface area contributed by atoms with Crippen molar-refractivity contribution in [1.82, 2.24) is 15.8 Å². The third kappa shape index (κ3) is 5.02. The van der Waals surface area contributed by atoms with E-state index in [1.165, 1.54) is 29.2 Å². The molecule has 0 bridgehead atoms. The molecular weight excluding hydrogens is 429 g/mol. The molecule has 0 radical (unpaired) electrons. The quantitative estimate of drug-likeness (QED) is 0.372. The zero-order valence-electron chi connectivity index (χ0n) is 15.4. The van der Waals surface area contributed by atoms with E-state index in [0.717, 1.165) is 11.8 Å². The van der Waals surface area contributed by atoms with Gasteiger partial charge in [-0.05, 0) is 24.3 Å². The van der Waals surface area contributed by atoms with Crippen LogP contribution in [0.1, 0.15) is 22.3 Å². The Kier molecular flexibility index (Phi) is 6.80. The number of thiocarbonyl (C=S) groups is 1. The highest BCUT2D eigenvalue weighted by Crippen LogP contribution is 2.32. The first kappa shape index (κ1) is 21.5. The number of nitrogens with zero attached hydrogens (tertiary/aromatic N) is 1. The predicted molar refractivity (Wildman–Crippen MR) is 115 cm³/mol. The van der Waals surface area contributed by atoms with Gasteiger partial charge in [-0.1, -0.05) is 54.3 Å². The third-order valence-electron chi connectivity index (χ3n) is 4.09. The van der Waals surface area contributed by atoms with Crippen LogP contribution in [0.5, 0.6) is 5.75 Å². The summed E-state index contributed by atoms with van der Waals surface area (Å²) in [6, 6.07) is 11.9.